The summed E-state index contributed by atoms with van der Waals surface area (Å²) in [7, 11) is -3.75. The molecule has 2 heterocycles. The van der Waals surface area contributed by atoms with Crippen LogP contribution >= 0.6 is 19.4 Å². The molecule has 222 valence electrons. The van der Waals surface area contributed by atoms with E-state index in [4.69, 9.17) is 26.1 Å². The van der Waals surface area contributed by atoms with E-state index in [9.17, 15) is 13.0 Å². The van der Waals surface area contributed by atoms with Gasteiger partial charge in [-0.3, -0.25) is 4.52 Å². The highest BCUT2D eigenvalue weighted by Gasteiger charge is 2.23. The zero-order valence-corrected chi connectivity index (χ0v) is 25.2. The fraction of sp³-hybridized carbons (Fsp3) is 0.360. The van der Waals surface area contributed by atoms with E-state index in [2.05, 4.69) is 30.0 Å². The maximum Gasteiger partial charge on any atom is 0.469 e. The highest BCUT2D eigenvalue weighted by atomic mass is 35.5. The fourth-order valence-electron chi connectivity index (χ4n) is 4.33. The maximum atomic E-state index is 12.8. The van der Waals surface area contributed by atoms with Crippen molar-refractivity contribution in [2.24, 2.45) is 0 Å². The van der Waals surface area contributed by atoms with Crippen LogP contribution in [0.1, 0.15) is 11.1 Å². The lowest BCUT2D eigenvalue weighted by molar-refractivity contribution is 0.163. The average Bonchev–Trinajstić information content (AvgIpc) is 3.11. The molecular formula is C25H32ClN6O7PS. The Kier molecular flexibility index (Phi) is 9.88. The second-order valence-electron chi connectivity index (χ2n) is 9.41. The Morgan fingerprint density at radius 3 is 2.44 bits per heavy atom. The Balaban J connectivity index is 1.54. The quantitative estimate of drug-likeness (QED) is 0.230. The number of phosphoric acid groups is 1. The summed E-state index contributed by atoms with van der Waals surface area (Å²) in [6.45, 7) is 1.72. The Morgan fingerprint density at radius 1 is 1.10 bits per heavy atom. The van der Waals surface area contributed by atoms with Gasteiger partial charge in [0.05, 0.1) is 31.3 Å². The van der Waals surface area contributed by atoms with E-state index in [1.165, 1.54) is 26.4 Å². The van der Waals surface area contributed by atoms with Gasteiger partial charge in [-0.05, 0) is 48.2 Å². The number of methoxy groups -OCH3 is 1. The van der Waals surface area contributed by atoms with Crippen molar-refractivity contribution in [2.45, 2.75) is 17.7 Å². The van der Waals surface area contributed by atoms with Crippen LogP contribution in [0.25, 0.3) is 0 Å². The number of anilines is 4. The van der Waals surface area contributed by atoms with Crippen molar-refractivity contribution >= 4 is 52.6 Å². The number of hydrogen-bond donors (Lipinski definition) is 4. The Labute approximate surface area is 243 Å². The predicted molar refractivity (Wildman–Crippen MR) is 156 cm³/mol. The van der Waals surface area contributed by atoms with Crippen LogP contribution in [-0.2, 0) is 32.0 Å². The van der Waals surface area contributed by atoms with E-state index < -0.39 is 17.8 Å². The van der Waals surface area contributed by atoms with E-state index in [1.807, 2.05) is 12.1 Å². The second kappa shape index (κ2) is 13.0. The molecule has 0 radical (unpaired) electrons. The fourth-order valence-corrected chi connectivity index (χ4v) is 5.83. The summed E-state index contributed by atoms with van der Waals surface area (Å²) in [6.07, 6.45) is 2.84. The normalized spacial score (nSPS) is 14.4. The molecule has 13 nitrogen and oxygen atoms in total. The lowest BCUT2D eigenvalue weighted by Gasteiger charge is -2.19. The van der Waals surface area contributed by atoms with Crippen LogP contribution in [0.2, 0.25) is 5.02 Å². The Bertz CT molecular complexity index is 1550. The molecule has 0 unspecified atom stereocenters. The molecule has 0 amide bonds. The van der Waals surface area contributed by atoms with Gasteiger partial charge in [0.25, 0.3) is 0 Å². The third-order valence-corrected chi connectivity index (χ3v) is 9.14. The lowest BCUT2D eigenvalue weighted by Crippen LogP contribution is -2.29. The molecule has 41 heavy (non-hydrogen) atoms. The van der Waals surface area contributed by atoms with Crippen molar-refractivity contribution < 1.29 is 32.0 Å². The monoisotopic (exact) mass is 626 g/mol. The Hall–Kier alpha value is -2.81. The van der Waals surface area contributed by atoms with E-state index in [1.54, 1.807) is 25.3 Å². The number of nitrogens with zero attached hydrogens (tertiary/aromatic N) is 4. The third kappa shape index (κ3) is 7.93. The standard InChI is InChI=1S/C25H32ClN6O7PS/c1-31(2)41(36,37)23-7-5-4-6-20(23)28-24-19(26)16-27-25(30-24)29-21-14-17-8-10-32(12-13-39-40(33,34)35)11-9-18(17)15-22(21)38-3/h4-7,14-16H,8-13H2,1-3H3,(H2,33,34,35)(H2,27,28,29,30). The van der Waals surface area contributed by atoms with Crippen molar-refractivity contribution in [3.05, 3.63) is 58.7 Å². The molecule has 1 aliphatic rings. The van der Waals surface area contributed by atoms with Crippen molar-refractivity contribution in [2.75, 3.05) is 58.1 Å². The molecule has 0 fully saturated rings. The number of rotatable bonds is 11. The van der Waals surface area contributed by atoms with E-state index in [-0.39, 0.29) is 28.3 Å². The Morgan fingerprint density at radius 2 is 1.78 bits per heavy atom. The first-order valence-electron chi connectivity index (χ1n) is 12.6. The smallest absolute Gasteiger partial charge is 0.469 e. The van der Waals surface area contributed by atoms with Gasteiger partial charge in [0, 0.05) is 33.7 Å². The van der Waals surface area contributed by atoms with Gasteiger partial charge >= 0.3 is 7.82 Å². The number of nitrogens with one attached hydrogen (secondary N) is 2. The molecule has 1 aromatic heterocycles. The number of phosphoric ester groups is 1. The summed E-state index contributed by atoms with van der Waals surface area (Å²) in [5.41, 5.74) is 3.13. The van der Waals surface area contributed by atoms with Crippen LogP contribution in [0.5, 0.6) is 5.75 Å². The molecule has 2 aromatic carbocycles. The van der Waals surface area contributed by atoms with Gasteiger partial charge in [0.15, 0.2) is 5.82 Å². The zero-order valence-electron chi connectivity index (χ0n) is 22.7. The second-order valence-corrected chi connectivity index (χ2v) is 13.2. The number of ether oxygens (including phenoxy) is 1. The summed E-state index contributed by atoms with van der Waals surface area (Å²) in [5, 5.41) is 6.40. The van der Waals surface area contributed by atoms with Gasteiger partial charge in [0.2, 0.25) is 16.0 Å². The number of sulfonamides is 1. The molecule has 4 rings (SSSR count). The topological polar surface area (TPSA) is 166 Å². The minimum absolute atomic E-state index is 0.0629. The predicted octanol–water partition coefficient (Wildman–Crippen LogP) is 3.39. The number of hydrogen-bond acceptors (Lipinski definition) is 10. The van der Waals surface area contributed by atoms with Crippen LogP contribution in [-0.4, -0.2) is 84.8 Å². The minimum Gasteiger partial charge on any atom is -0.495 e. The van der Waals surface area contributed by atoms with Crippen LogP contribution in [0, 0.1) is 0 Å². The number of benzene rings is 2. The summed E-state index contributed by atoms with van der Waals surface area (Å²) >= 11 is 6.37. The van der Waals surface area contributed by atoms with Gasteiger partial charge in [-0.1, -0.05) is 23.7 Å². The summed E-state index contributed by atoms with van der Waals surface area (Å²) in [4.78, 5) is 28.8. The first-order chi connectivity index (χ1) is 19.4. The van der Waals surface area contributed by atoms with E-state index in [0.717, 1.165) is 21.9 Å². The SMILES string of the molecule is COc1cc2c(cc1Nc1ncc(Cl)c(Nc3ccccc3S(=O)(=O)N(C)C)n1)CCN(CCOP(=O)(O)O)CC2. The molecule has 0 bridgehead atoms. The molecule has 0 saturated heterocycles. The molecule has 1 aliphatic heterocycles. The maximum absolute atomic E-state index is 12.8. The summed E-state index contributed by atoms with van der Waals surface area (Å²) in [6, 6.07) is 10.4. The van der Waals surface area contributed by atoms with Gasteiger partial charge in [-0.25, -0.2) is 22.3 Å². The van der Waals surface area contributed by atoms with Crippen molar-refractivity contribution in [1.82, 2.24) is 19.2 Å². The first-order valence-corrected chi connectivity index (χ1v) is 15.9. The van der Waals surface area contributed by atoms with Crippen molar-refractivity contribution in [1.29, 1.82) is 0 Å². The van der Waals surface area contributed by atoms with Gasteiger partial charge in [-0.2, -0.15) is 4.98 Å². The summed E-state index contributed by atoms with van der Waals surface area (Å²) in [5.74, 6) is 1.01. The molecule has 4 N–H and O–H groups in total. The first kappa shape index (κ1) is 31.1. The zero-order chi connectivity index (χ0) is 29.8. The van der Waals surface area contributed by atoms with Crippen LogP contribution in [0.4, 0.5) is 23.1 Å². The third-order valence-electron chi connectivity index (χ3n) is 6.47. The van der Waals surface area contributed by atoms with Gasteiger partial charge in [0.1, 0.15) is 15.7 Å². The van der Waals surface area contributed by atoms with Crippen molar-refractivity contribution in [3.63, 3.8) is 0 Å². The molecule has 0 aliphatic carbocycles. The molecular weight excluding hydrogens is 595 g/mol. The van der Waals surface area contributed by atoms with E-state index >= 15 is 0 Å². The largest absolute Gasteiger partial charge is 0.495 e. The average molecular weight is 627 g/mol. The molecule has 3 aromatic rings. The molecule has 0 spiro atoms. The lowest BCUT2D eigenvalue weighted by atomic mass is 10.0. The molecule has 16 heteroatoms. The number of fused-ring (bicyclic) bond motifs is 1. The van der Waals surface area contributed by atoms with Gasteiger partial charge < -0.3 is 30.1 Å². The number of halogens is 1. The highest BCUT2D eigenvalue weighted by molar-refractivity contribution is 7.89. The van der Waals surface area contributed by atoms with Gasteiger partial charge in [-0.15, -0.1) is 0 Å². The van der Waals surface area contributed by atoms with E-state index in [0.29, 0.717) is 43.2 Å². The number of aromatic nitrogens is 2. The van der Waals surface area contributed by atoms with Crippen LogP contribution in [0.3, 0.4) is 0 Å². The minimum atomic E-state index is -4.50. The number of para-hydroxylation sites is 1. The van der Waals surface area contributed by atoms with Crippen LogP contribution in [0.15, 0.2) is 47.5 Å². The summed E-state index contributed by atoms with van der Waals surface area (Å²) < 4.78 is 48.0. The van der Waals surface area contributed by atoms with Crippen molar-refractivity contribution in [3.8, 4) is 5.75 Å². The molecule has 0 atom stereocenters. The molecule has 0 saturated carbocycles. The highest BCUT2D eigenvalue weighted by Crippen LogP contribution is 2.36. The van der Waals surface area contributed by atoms with Crippen LogP contribution < -0.4 is 15.4 Å².